The smallest absolute Gasteiger partial charge is 0.160 e. The van der Waals surface area contributed by atoms with Crippen LogP contribution in [-0.4, -0.2) is 14.5 Å². The lowest BCUT2D eigenvalue weighted by molar-refractivity contribution is 1.17. The molecule has 0 aliphatic rings. The number of benzene rings is 8. The molecule has 2 aromatic heterocycles. The van der Waals surface area contributed by atoms with E-state index in [4.69, 9.17) is 9.97 Å². The van der Waals surface area contributed by atoms with Crippen LogP contribution in [0.25, 0.3) is 93.7 Å². The van der Waals surface area contributed by atoms with E-state index in [9.17, 15) is 0 Å². The Kier molecular flexibility index (Phi) is 6.18. The van der Waals surface area contributed by atoms with Crippen LogP contribution in [0.4, 0.5) is 0 Å². The molecule has 0 aliphatic heterocycles. The molecule has 0 radical (unpaired) electrons. The molecule has 228 valence electrons. The van der Waals surface area contributed by atoms with Gasteiger partial charge in [0.25, 0.3) is 0 Å². The molecule has 3 nitrogen and oxygen atoms in total. The van der Waals surface area contributed by atoms with E-state index in [-0.39, 0.29) is 0 Å². The summed E-state index contributed by atoms with van der Waals surface area (Å²) in [6.07, 6.45) is 0. The van der Waals surface area contributed by atoms with Crippen molar-refractivity contribution < 1.29 is 0 Å². The van der Waals surface area contributed by atoms with Gasteiger partial charge in [-0.05, 0) is 87.3 Å². The summed E-state index contributed by atoms with van der Waals surface area (Å²) in [5.41, 5.74) is 9.85. The number of aromatic nitrogens is 3. The first-order chi connectivity index (χ1) is 24.3. The largest absolute Gasteiger partial charge is 0.309 e. The maximum Gasteiger partial charge on any atom is 0.160 e. The molecule has 0 aliphatic carbocycles. The van der Waals surface area contributed by atoms with Crippen LogP contribution in [0.15, 0.2) is 176 Å². The van der Waals surface area contributed by atoms with Gasteiger partial charge in [0, 0.05) is 33.0 Å². The van der Waals surface area contributed by atoms with Gasteiger partial charge in [0.05, 0.1) is 22.2 Å². The second-order valence-electron chi connectivity index (χ2n) is 12.6. The normalized spacial score (nSPS) is 11.7. The van der Waals surface area contributed by atoms with Crippen LogP contribution < -0.4 is 0 Å². The van der Waals surface area contributed by atoms with Gasteiger partial charge < -0.3 is 4.57 Å². The van der Waals surface area contributed by atoms with E-state index in [1.165, 1.54) is 54.5 Å². The highest BCUT2D eigenvalue weighted by Crippen LogP contribution is 2.41. The Morgan fingerprint density at radius 3 is 1.88 bits per heavy atom. The highest BCUT2D eigenvalue weighted by molar-refractivity contribution is 6.19. The third-order valence-corrected chi connectivity index (χ3v) is 9.75. The van der Waals surface area contributed by atoms with Gasteiger partial charge in [-0.2, -0.15) is 0 Å². The SMILES string of the molecule is c1ccc(-c2nc(-c3ccc(-n4c5cc6ccccc6cc5c5c(-c6ccc7ccccc7c6)cccc54)cc3)nc3ccccc23)cc1. The summed E-state index contributed by atoms with van der Waals surface area (Å²) in [5.74, 6) is 0.718. The molecule has 2 heterocycles. The monoisotopic (exact) mass is 623 g/mol. The topological polar surface area (TPSA) is 30.7 Å². The number of hydrogen-bond acceptors (Lipinski definition) is 2. The summed E-state index contributed by atoms with van der Waals surface area (Å²) in [6, 6.07) is 62.7. The van der Waals surface area contributed by atoms with Crippen molar-refractivity contribution in [3.8, 4) is 39.5 Å². The number of fused-ring (bicyclic) bond motifs is 6. The first-order valence-corrected chi connectivity index (χ1v) is 16.7. The Morgan fingerprint density at radius 1 is 0.388 bits per heavy atom. The van der Waals surface area contributed by atoms with Gasteiger partial charge in [-0.1, -0.05) is 121 Å². The van der Waals surface area contributed by atoms with Crippen molar-refractivity contribution in [1.82, 2.24) is 14.5 Å². The van der Waals surface area contributed by atoms with Gasteiger partial charge in [0.1, 0.15) is 0 Å². The molecule has 0 saturated carbocycles. The quantitative estimate of drug-likeness (QED) is 0.195. The second kappa shape index (κ2) is 11.0. The fraction of sp³-hybridized carbons (Fsp3) is 0. The summed E-state index contributed by atoms with van der Waals surface area (Å²) < 4.78 is 2.40. The second-order valence-corrected chi connectivity index (χ2v) is 12.6. The van der Waals surface area contributed by atoms with E-state index < -0.39 is 0 Å². The molecule has 0 unspecified atom stereocenters. The molecule has 3 heteroatoms. The van der Waals surface area contributed by atoms with Crippen molar-refractivity contribution in [1.29, 1.82) is 0 Å². The van der Waals surface area contributed by atoms with Crippen molar-refractivity contribution in [2.24, 2.45) is 0 Å². The summed E-state index contributed by atoms with van der Waals surface area (Å²) in [5, 5.41) is 8.50. The predicted molar refractivity (Wildman–Crippen MR) is 205 cm³/mol. The van der Waals surface area contributed by atoms with Crippen molar-refractivity contribution in [3.63, 3.8) is 0 Å². The third-order valence-electron chi connectivity index (χ3n) is 9.75. The third kappa shape index (κ3) is 4.51. The fourth-order valence-corrected chi connectivity index (χ4v) is 7.41. The van der Waals surface area contributed by atoms with Gasteiger partial charge >= 0.3 is 0 Å². The predicted octanol–water partition coefficient (Wildman–Crippen LogP) is 12.0. The lowest BCUT2D eigenvalue weighted by Crippen LogP contribution is -1.97. The van der Waals surface area contributed by atoms with Gasteiger partial charge in [-0.3, -0.25) is 0 Å². The molecule has 10 rings (SSSR count). The van der Waals surface area contributed by atoms with Crippen LogP contribution in [-0.2, 0) is 0 Å². The van der Waals surface area contributed by atoms with Crippen molar-refractivity contribution in [3.05, 3.63) is 176 Å². The molecular formula is C46H29N3. The summed E-state index contributed by atoms with van der Waals surface area (Å²) in [7, 11) is 0. The molecule has 0 atom stereocenters. The van der Waals surface area contributed by atoms with E-state index >= 15 is 0 Å². The molecule has 0 spiro atoms. The molecular weight excluding hydrogens is 595 g/mol. The van der Waals surface area contributed by atoms with Crippen LogP contribution >= 0.6 is 0 Å². The summed E-state index contributed by atoms with van der Waals surface area (Å²) >= 11 is 0. The van der Waals surface area contributed by atoms with E-state index in [1.54, 1.807) is 0 Å². The van der Waals surface area contributed by atoms with Crippen LogP contribution in [0.3, 0.4) is 0 Å². The standard InChI is InChI=1S/C46H29N3/c1-2-12-31(13-3-1)45-39-17-8-9-19-41(39)47-46(48-45)32-23-25-37(26-24-32)49-42-20-10-18-38(36-22-21-30-11-4-5-14-33(30)27-36)44(42)40-28-34-15-6-7-16-35(34)29-43(40)49/h1-29H. The van der Waals surface area contributed by atoms with E-state index in [2.05, 4.69) is 162 Å². The van der Waals surface area contributed by atoms with Gasteiger partial charge in [0.2, 0.25) is 0 Å². The Labute approximate surface area is 283 Å². The Bertz CT molecular complexity index is 2870. The van der Waals surface area contributed by atoms with Crippen molar-refractivity contribution in [2.45, 2.75) is 0 Å². The average molecular weight is 624 g/mol. The number of hydrogen-bond donors (Lipinski definition) is 0. The maximum absolute atomic E-state index is 5.12. The molecule has 0 saturated heterocycles. The molecule has 0 amide bonds. The minimum absolute atomic E-state index is 0.718. The molecule has 8 aromatic carbocycles. The number of nitrogens with zero attached hydrogens (tertiary/aromatic N) is 3. The fourth-order valence-electron chi connectivity index (χ4n) is 7.41. The van der Waals surface area contributed by atoms with E-state index in [1.807, 2.05) is 18.2 Å². The highest BCUT2D eigenvalue weighted by Gasteiger charge is 2.18. The lowest BCUT2D eigenvalue weighted by Gasteiger charge is -2.12. The van der Waals surface area contributed by atoms with Crippen molar-refractivity contribution in [2.75, 3.05) is 0 Å². The summed E-state index contributed by atoms with van der Waals surface area (Å²) in [4.78, 5) is 10.1. The average Bonchev–Trinajstić information content (AvgIpc) is 3.50. The van der Waals surface area contributed by atoms with E-state index in [0.717, 1.165) is 39.2 Å². The van der Waals surface area contributed by atoms with Crippen LogP contribution in [0.1, 0.15) is 0 Å². The molecule has 0 N–H and O–H groups in total. The minimum Gasteiger partial charge on any atom is -0.309 e. The van der Waals surface area contributed by atoms with Crippen LogP contribution in [0, 0.1) is 0 Å². The van der Waals surface area contributed by atoms with Crippen LogP contribution in [0.2, 0.25) is 0 Å². The zero-order valence-electron chi connectivity index (χ0n) is 26.6. The van der Waals surface area contributed by atoms with Crippen molar-refractivity contribution >= 4 is 54.3 Å². The van der Waals surface area contributed by atoms with Crippen LogP contribution in [0.5, 0.6) is 0 Å². The molecule has 10 aromatic rings. The maximum atomic E-state index is 5.12. The Balaban J connectivity index is 1.17. The Morgan fingerprint density at radius 2 is 1.06 bits per heavy atom. The zero-order chi connectivity index (χ0) is 32.3. The van der Waals surface area contributed by atoms with Gasteiger partial charge in [-0.15, -0.1) is 0 Å². The number of para-hydroxylation sites is 1. The van der Waals surface area contributed by atoms with Gasteiger partial charge in [0.15, 0.2) is 5.82 Å². The molecule has 0 fully saturated rings. The number of rotatable bonds is 4. The Hall–Kier alpha value is -6.58. The molecule has 0 bridgehead atoms. The lowest BCUT2D eigenvalue weighted by atomic mass is 9.96. The first kappa shape index (κ1) is 27.5. The van der Waals surface area contributed by atoms with E-state index in [0.29, 0.717) is 0 Å². The van der Waals surface area contributed by atoms with Gasteiger partial charge in [-0.25, -0.2) is 9.97 Å². The minimum atomic E-state index is 0.718. The molecule has 49 heavy (non-hydrogen) atoms. The first-order valence-electron chi connectivity index (χ1n) is 16.7. The highest BCUT2D eigenvalue weighted by atomic mass is 15.0. The zero-order valence-corrected chi connectivity index (χ0v) is 26.6. The summed E-state index contributed by atoms with van der Waals surface area (Å²) in [6.45, 7) is 0.